The minimum absolute atomic E-state index is 0.193. The van der Waals surface area contributed by atoms with E-state index in [2.05, 4.69) is 39.1 Å². The van der Waals surface area contributed by atoms with E-state index in [9.17, 15) is 4.79 Å². The molecular formula is C26H25N5O2. The number of benzene rings is 2. The molecule has 3 N–H and O–H groups in total. The lowest BCUT2D eigenvalue weighted by molar-refractivity contribution is 0.0976. The van der Waals surface area contributed by atoms with Crippen molar-refractivity contribution in [2.24, 2.45) is 5.73 Å². The van der Waals surface area contributed by atoms with Crippen molar-refractivity contribution in [1.29, 1.82) is 5.26 Å². The van der Waals surface area contributed by atoms with Gasteiger partial charge in [0.15, 0.2) is 5.76 Å². The molecule has 166 valence electrons. The maximum absolute atomic E-state index is 11.3. The monoisotopic (exact) mass is 439 g/mol. The number of aromatic amines is 1. The molecule has 1 fully saturated rings. The van der Waals surface area contributed by atoms with Gasteiger partial charge in [0, 0.05) is 60.9 Å². The molecule has 1 aliphatic heterocycles. The van der Waals surface area contributed by atoms with Gasteiger partial charge < -0.3 is 20.0 Å². The molecule has 1 saturated heterocycles. The zero-order chi connectivity index (χ0) is 22.8. The molecular weight excluding hydrogens is 414 g/mol. The molecule has 0 aliphatic carbocycles. The number of anilines is 1. The van der Waals surface area contributed by atoms with Crippen LogP contribution in [0.15, 0.2) is 59.2 Å². The first-order chi connectivity index (χ1) is 16.1. The number of hydrogen-bond acceptors (Lipinski definition) is 5. The Morgan fingerprint density at radius 3 is 2.79 bits per heavy atom. The van der Waals surface area contributed by atoms with Crippen LogP contribution in [0.25, 0.3) is 27.9 Å². The van der Waals surface area contributed by atoms with Crippen LogP contribution in [0.1, 0.15) is 28.1 Å². The fraction of sp³-hybridized carbons (Fsp3) is 0.231. The number of fused-ring (bicyclic) bond motifs is 2. The van der Waals surface area contributed by atoms with Gasteiger partial charge in [0.2, 0.25) is 0 Å². The molecule has 0 saturated carbocycles. The van der Waals surface area contributed by atoms with Crippen LogP contribution in [-0.4, -0.2) is 48.5 Å². The molecule has 1 aliphatic rings. The number of carbonyl (C=O) groups excluding carboxylic acids is 1. The second-order valence-electron chi connectivity index (χ2n) is 8.33. The van der Waals surface area contributed by atoms with Gasteiger partial charge in [0.1, 0.15) is 5.58 Å². The van der Waals surface area contributed by atoms with E-state index in [4.69, 9.17) is 15.4 Å². The normalized spacial score (nSPS) is 14.9. The maximum atomic E-state index is 11.3. The van der Waals surface area contributed by atoms with Crippen LogP contribution in [0.5, 0.6) is 0 Å². The highest BCUT2D eigenvalue weighted by Crippen LogP contribution is 2.26. The number of nitrogens with two attached hydrogens (primary N) is 1. The lowest BCUT2D eigenvalue weighted by atomic mass is 10.1. The van der Waals surface area contributed by atoms with Gasteiger partial charge in [-0.15, -0.1) is 0 Å². The summed E-state index contributed by atoms with van der Waals surface area (Å²) in [7, 11) is 0. The lowest BCUT2D eigenvalue weighted by Crippen LogP contribution is -2.46. The quantitative estimate of drug-likeness (QED) is 0.471. The van der Waals surface area contributed by atoms with Crippen molar-refractivity contribution >= 4 is 39.5 Å². The predicted molar refractivity (Wildman–Crippen MR) is 130 cm³/mol. The standard InChI is InChI=1S/C26H25N5O2/c27-16-18-4-6-23-22(13-18)19(17-29-23)3-1-2-8-30-9-11-31(12-10-30)21-5-7-24-20(14-21)15-25(33-24)26(28)32/h1,3-7,13-15,17,29H,2,8-12H2,(H2,28,32). The number of carbonyl (C=O) groups is 1. The molecule has 0 unspecified atom stereocenters. The second-order valence-corrected chi connectivity index (χ2v) is 8.33. The third-order valence-electron chi connectivity index (χ3n) is 6.23. The number of furan rings is 1. The Morgan fingerprint density at radius 2 is 2.00 bits per heavy atom. The van der Waals surface area contributed by atoms with Gasteiger partial charge in [-0.2, -0.15) is 5.26 Å². The van der Waals surface area contributed by atoms with Gasteiger partial charge in [-0.25, -0.2) is 0 Å². The van der Waals surface area contributed by atoms with Gasteiger partial charge in [0.25, 0.3) is 5.91 Å². The zero-order valence-corrected chi connectivity index (χ0v) is 18.3. The van der Waals surface area contributed by atoms with Gasteiger partial charge in [-0.1, -0.05) is 12.2 Å². The van der Waals surface area contributed by atoms with Crippen LogP contribution in [-0.2, 0) is 0 Å². The van der Waals surface area contributed by atoms with Crippen LogP contribution in [0.2, 0.25) is 0 Å². The van der Waals surface area contributed by atoms with Crippen molar-refractivity contribution in [2.75, 3.05) is 37.6 Å². The van der Waals surface area contributed by atoms with Crippen molar-refractivity contribution in [3.8, 4) is 6.07 Å². The van der Waals surface area contributed by atoms with E-state index in [0.717, 1.165) is 66.7 Å². The molecule has 3 heterocycles. The van der Waals surface area contributed by atoms with Gasteiger partial charge in [-0.05, 0) is 54.4 Å². The number of aromatic nitrogens is 1. The summed E-state index contributed by atoms with van der Waals surface area (Å²) in [4.78, 5) is 19.4. The molecule has 7 nitrogen and oxygen atoms in total. The first kappa shape index (κ1) is 20.9. The van der Waals surface area contributed by atoms with Gasteiger partial charge in [0.05, 0.1) is 11.6 Å². The molecule has 0 spiro atoms. The van der Waals surface area contributed by atoms with Crippen molar-refractivity contribution in [3.05, 3.63) is 71.6 Å². The number of hydrogen-bond donors (Lipinski definition) is 2. The lowest BCUT2D eigenvalue weighted by Gasteiger charge is -2.36. The van der Waals surface area contributed by atoms with Gasteiger partial charge >= 0.3 is 0 Å². The largest absolute Gasteiger partial charge is 0.451 e. The van der Waals surface area contributed by atoms with Crippen molar-refractivity contribution in [1.82, 2.24) is 9.88 Å². The van der Waals surface area contributed by atoms with E-state index in [0.29, 0.717) is 11.1 Å². The summed E-state index contributed by atoms with van der Waals surface area (Å²) in [6.07, 6.45) is 7.31. The molecule has 0 radical (unpaired) electrons. The highest BCUT2D eigenvalue weighted by Gasteiger charge is 2.18. The highest BCUT2D eigenvalue weighted by atomic mass is 16.3. The average molecular weight is 440 g/mol. The Labute approximate surface area is 191 Å². The molecule has 0 atom stereocenters. The molecule has 5 rings (SSSR count). The summed E-state index contributed by atoms with van der Waals surface area (Å²) in [6.45, 7) is 4.92. The average Bonchev–Trinajstić information content (AvgIpc) is 3.45. The summed E-state index contributed by atoms with van der Waals surface area (Å²) in [6, 6.07) is 15.6. The summed E-state index contributed by atoms with van der Waals surface area (Å²) < 4.78 is 5.48. The Morgan fingerprint density at radius 1 is 1.15 bits per heavy atom. The highest BCUT2D eigenvalue weighted by molar-refractivity contribution is 5.95. The number of amides is 1. The number of piperazine rings is 1. The molecule has 1 amide bonds. The molecule has 2 aromatic carbocycles. The van der Waals surface area contributed by atoms with Crippen molar-refractivity contribution < 1.29 is 9.21 Å². The van der Waals surface area contributed by atoms with Crippen LogP contribution < -0.4 is 10.6 Å². The molecule has 33 heavy (non-hydrogen) atoms. The first-order valence-corrected chi connectivity index (χ1v) is 11.1. The molecule has 4 aromatic rings. The number of nitriles is 1. The van der Waals surface area contributed by atoms with Crippen molar-refractivity contribution in [2.45, 2.75) is 6.42 Å². The Kier molecular flexibility index (Phi) is 5.59. The third kappa shape index (κ3) is 4.34. The van der Waals surface area contributed by atoms with E-state index in [-0.39, 0.29) is 5.76 Å². The summed E-state index contributed by atoms with van der Waals surface area (Å²) in [5.74, 6) is -0.356. The molecule has 7 heteroatoms. The van der Waals surface area contributed by atoms with Crippen molar-refractivity contribution in [3.63, 3.8) is 0 Å². The van der Waals surface area contributed by atoms with Crippen LogP contribution in [0.4, 0.5) is 5.69 Å². The summed E-state index contributed by atoms with van der Waals surface area (Å²) in [5.41, 5.74) is 9.97. The topological polar surface area (TPSA) is 102 Å². The predicted octanol–water partition coefficient (Wildman–Crippen LogP) is 4.11. The van der Waals surface area contributed by atoms with Crippen LogP contribution in [0.3, 0.4) is 0 Å². The Balaban J connectivity index is 1.15. The van der Waals surface area contributed by atoms with E-state index in [1.165, 1.54) is 0 Å². The van der Waals surface area contributed by atoms with Crippen LogP contribution in [0, 0.1) is 11.3 Å². The molecule has 0 bridgehead atoms. The smallest absolute Gasteiger partial charge is 0.284 e. The summed E-state index contributed by atoms with van der Waals surface area (Å²) >= 11 is 0. The molecule has 2 aromatic heterocycles. The minimum Gasteiger partial charge on any atom is -0.451 e. The SMILES string of the molecule is N#Cc1ccc2[nH]cc(C=CCCN3CCN(c4ccc5oc(C(N)=O)cc5c4)CC3)c2c1. The maximum Gasteiger partial charge on any atom is 0.284 e. The van der Waals surface area contributed by atoms with Crippen LogP contribution >= 0.6 is 0 Å². The number of primary amides is 1. The minimum atomic E-state index is -0.549. The van der Waals surface area contributed by atoms with E-state index >= 15 is 0 Å². The van der Waals surface area contributed by atoms with E-state index in [1.807, 2.05) is 36.5 Å². The number of nitrogens with one attached hydrogen (secondary N) is 1. The Bertz CT molecular complexity index is 1380. The zero-order valence-electron chi connectivity index (χ0n) is 18.3. The van der Waals surface area contributed by atoms with E-state index in [1.54, 1.807) is 6.07 Å². The summed E-state index contributed by atoms with van der Waals surface area (Å²) in [5, 5.41) is 11.1. The second kappa shape index (κ2) is 8.85. The number of nitrogens with zero attached hydrogens (tertiary/aromatic N) is 3. The van der Waals surface area contributed by atoms with E-state index < -0.39 is 5.91 Å². The first-order valence-electron chi connectivity index (χ1n) is 11.1. The fourth-order valence-electron chi connectivity index (χ4n) is 4.40. The Hall–Kier alpha value is -4.02. The number of H-pyrrole nitrogens is 1. The third-order valence-corrected chi connectivity index (χ3v) is 6.23. The fourth-order valence-corrected chi connectivity index (χ4v) is 4.40. The number of rotatable bonds is 6. The van der Waals surface area contributed by atoms with Gasteiger partial charge in [-0.3, -0.25) is 9.69 Å².